The minimum Gasteiger partial charge on any atom is -0.465 e. The van der Waals surface area contributed by atoms with Crippen molar-refractivity contribution in [2.75, 3.05) is 0 Å². The molecule has 0 aliphatic carbocycles. The number of oxazole rings is 1. The van der Waals surface area contributed by atoms with Crippen LogP contribution in [0.5, 0.6) is 0 Å². The molecule has 0 bridgehead atoms. The first-order valence-electron chi connectivity index (χ1n) is 5.61. The van der Waals surface area contributed by atoms with Crippen molar-refractivity contribution in [2.24, 2.45) is 0 Å². The van der Waals surface area contributed by atoms with E-state index in [1.165, 1.54) is 12.1 Å². The van der Waals surface area contributed by atoms with Crippen LogP contribution in [-0.4, -0.2) is 28.0 Å². The third-order valence-corrected chi connectivity index (χ3v) is 2.58. The molecule has 0 saturated heterocycles. The van der Waals surface area contributed by atoms with Gasteiger partial charge in [0.25, 0.3) is 5.89 Å². The van der Waals surface area contributed by atoms with Crippen LogP contribution in [0.1, 0.15) is 24.0 Å². The van der Waals surface area contributed by atoms with E-state index in [-0.39, 0.29) is 17.9 Å². The van der Waals surface area contributed by atoms with Gasteiger partial charge in [-0.05, 0) is 18.6 Å². The van der Waals surface area contributed by atoms with Crippen molar-refractivity contribution < 1.29 is 23.5 Å². The van der Waals surface area contributed by atoms with Crippen molar-refractivity contribution in [3.05, 3.63) is 29.9 Å². The van der Waals surface area contributed by atoms with Gasteiger partial charge >= 0.3 is 6.09 Å². The van der Waals surface area contributed by atoms with Crippen LogP contribution >= 0.6 is 0 Å². The number of nitrogens with zero attached hydrogens (tertiary/aromatic N) is 1. The number of amides is 1. The third-order valence-electron chi connectivity index (χ3n) is 2.58. The predicted octanol–water partition coefficient (Wildman–Crippen LogP) is 2.20. The summed E-state index contributed by atoms with van der Waals surface area (Å²) in [4.78, 5) is 26.5. The number of Topliss-reactive ketones (excluding diaryl/α,β-unsaturated/α-hetero) is 1. The number of hydrogen-bond acceptors (Lipinski definition) is 4. The summed E-state index contributed by atoms with van der Waals surface area (Å²) >= 11 is 0. The molecule has 6 nitrogen and oxygen atoms in total. The zero-order valence-electron chi connectivity index (χ0n) is 10.0. The largest absolute Gasteiger partial charge is 0.465 e. The molecule has 0 aliphatic rings. The first-order chi connectivity index (χ1) is 9.01. The van der Waals surface area contributed by atoms with Gasteiger partial charge in [0, 0.05) is 6.07 Å². The van der Waals surface area contributed by atoms with Gasteiger partial charge in [0.05, 0.1) is 0 Å². The van der Waals surface area contributed by atoms with Gasteiger partial charge in [-0.1, -0.05) is 6.92 Å². The highest BCUT2D eigenvalue weighted by Crippen LogP contribution is 2.18. The average Bonchev–Trinajstić information content (AvgIpc) is 2.77. The lowest BCUT2D eigenvalue weighted by molar-refractivity contribution is 0.0902. The lowest BCUT2D eigenvalue weighted by Gasteiger charge is -2.10. The first-order valence-corrected chi connectivity index (χ1v) is 5.61. The highest BCUT2D eigenvalue weighted by atomic mass is 19.1. The van der Waals surface area contributed by atoms with Crippen LogP contribution < -0.4 is 5.32 Å². The maximum atomic E-state index is 13.0. The Bertz CT molecular complexity index is 638. The van der Waals surface area contributed by atoms with E-state index in [1.54, 1.807) is 6.92 Å². The van der Waals surface area contributed by atoms with Gasteiger partial charge in [0.15, 0.2) is 5.58 Å². The van der Waals surface area contributed by atoms with E-state index in [9.17, 15) is 14.0 Å². The molecule has 1 atom stereocenters. The van der Waals surface area contributed by atoms with Crippen molar-refractivity contribution in [1.29, 1.82) is 0 Å². The molecule has 0 aliphatic heterocycles. The summed E-state index contributed by atoms with van der Waals surface area (Å²) in [6.45, 7) is 1.65. The highest BCUT2D eigenvalue weighted by molar-refractivity contribution is 5.99. The summed E-state index contributed by atoms with van der Waals surface area (Å²) in [6, 6.07) is 2.77. The van der Waals surface area contributed by atoms with E-state index in [1.807, 2.05) is 0 Å². The number of benzene rings is 1. The lowest BCUT2D eigenvalue weighted by Crippen LogP contribution is -2.39. The summed E-state index contributed by atoms with van der Waals surface area (Å²) in [5.74, 6) is -1.32. The molecule has 100 valence electrons. The number of rotatable bonds is 4. The summed E-state index contributed by atoms with van der Waals surface area (Å²) in [6.07, 6.45) is -1.04. The van der Waals surface area contributed by atoms with Crippen LogP contribution in [0.15, 0.2) is 22.6 Å². The molecule has 19 heavy (non-hydrogen) atoms. The van der Waals surface area contributed by atoms with Crippen molar-refractivity contribution in [3.63, 3.8) is 0 Å². The van der Waals surface area contributed by atoms with Crippen LogP contribution in [0.2, 0.25) is 0 Å². The zero-order valence-corrected chi connectivity index (χ0v) is 10.0. The van der Waals surface area contributed by atoms with Gasteiger partial charge in [-0.25, -0.2) is 14.2 Å². The maximum absolute atomic E-state index is 13.0. The molecule has 0 saturated carbocycles. The number of carbonyl (C=O) groups excluding carboxylic acids is 1. The monoisotopic (exact) mass is 266 g/mol. The van der Waals surface area contributed by atoms with Crippen molar-refractivity contribution in [3.8, 4) is 0 Å². The van der Waals surface area contributed by atoms with Gasteiger partial charge < -0.3 is 14.8 Å². The average molecular weight is 266 g/mol. The van der Waals surface area contributed by atoms with E-state index < -0.39 is 23.7 Å². The summed E-state index contributed by atoms with van der Waals surface area (Å²) in [5.41, 5.74) is 0.489. The molecule has 2 N–H and O–H groups in total. The topological polar surface area (TPSA) is 92.4 Å². The fourth-order valence-corrected chi connectivity index (χ4v) is 1.65. The second-order valence-corrected chi connectivity index (χ2v) is 3.91. The number of carbonyl (C=O) groups is 2. The second kappa shape index (κ2) is 5.05. The molecule has 1 amide bonds. The summed E-state index contributed by atoms with van der Waals surface area (Å²) < 4.78 is 18.1. The molecular formula is C12H11FN2O4. The number of nitrogens with one attached hydrogen (secondary N) is 1. The predicted molar refractivity (Wildman–Crippen MR) is 63.5 cm³/mol. The van der Waals surface area contributed by atoms with Gasteiger partial charge in [-0.3, -0.25) is 4.79 Å². The number of halogens is 1. The summed E-state index contributed by atoms with van der Waals surface area (Å²) in [5, 5.41) is 10.7. The normalized spacial score (nSPS) is 12.3. The van der Waals surface area contributed by atoms with Gasteiger partial charge in [0.1, 0.15) is 17.4 Å². The van der Waals surface area contributed by atoms with Crippen LogP contribution in [0.3, 0.4) is 0 Å². The summed E-state index contributed by atoms with van der Waals surface area (Å²) in [7, 11) is 0. The van der Waals surface area contributed by atoms with Crippen LogP contribution in [0, 0.1) is 5.82 Å². The molecule has 0 fully saturated rings. The Balaban J connectivity index is 2.32. The molecule has 1 aromatic heterocycles. The molecule has 1 heterocycles. The van der Waals surface area contributed by atoms with Crippen LogP contribution in [-0.2, 0) is 0 Å². The SMILES string of the molecule is CCC(NC(=O)O)C(=O)c1nc2ccc(F)cc2o1. The molecule has 0 spiro atoms. The number of aromatic nitrogens is 1. The molecular weight excluding hydrogens is 255 g/mol. The maximum Gasteiger partial charge on any atom is 0.405 e. The lowest BCUT2D eigenvalue weighted by atomic mass is 10.1. The van der Waals surface area contributed by atoms with E-state index in [2.05, 4.69) is 10.3 Å². The molecule has 2 aromatic rings. The zero-order chi connectivity index (χ0) is 14.0. The van der Waals surface area contributed by atoms with Gasteiger partial charge in [-0.2, -0.15) is 0 Å². The van der Waals surface area contributed by atoms with E-state index in [0.717, 1.165) is 6.07 Å². The Labute approximate surface area is 107 Å². The fraction of sp³-hybridized carbons (Fsp3) is 0.250. The number of fused-ring (bicyclic) bond motifs is 1. The molecule has 2 rings (SSSR count). The Kier molecular flexibility index (Phi) is 3.46. The Morgan fingerprint density at radius 1 is 1.53 bits per heavy atom. The highest BCUT2D eigenvalue weighted by Gasteiger charge is 2.24. The first kappa shape index (κ1) is 13.0. The van der Waals surface area contributed by atoms with E-state index in [4.69, 9.17) is 9.52 Å². The molecule has 1 unspecified atom stereocenters. The van der Waals surface area contributed by atoms with Crippen molar-refractivity contribution >= 4 is 23.0 Å². The van der Waals surface area contributed by atoms with E-state index >= 15 is 0 Å². The number of hydrogen-bond donors (Lipinski definition) is 2. The third kappa shape index (κ3) is 2.70. The standard InChI is InChI=1S/C12H11FN2O4/c1-2-7(15-12(17)18)10(16)11-14-8-4-3-6(13)5-9(8)19-11/h3-5,7,15H,2H2,1H3,(H,17,18). The van der Waals surface area contributed by atoms with Gasteiger partial charge in [-0.15, -0.1) is 0 Å². The number of carboxylic acid groups (broad SMARTS) is 1. The van der Waals surface area contributed by atoms with E-state index in [0.29, 0.717) is 5.52 Å². The minimum absolute atomic E-state index is 0.147. The molecule has 0 radical (unpaired) electrons. The van der Waals surface area contributed by atoms with Crippen molar-refractivity contribution in [1.82, 2.24) is 10.3 Å². The van der Waals surface area contributed by atoms with Crippen molar-refractivity contribution in [2.45, 2.75) is 19.4 Å². The quantitative estimate of drug-likeness (QED) is 0.827. The minimum atomic E-state index is -1.30. The Morgan fingerprint density at radius 2 is 2.26 bits per heavy atom. The molecule has 7 heteroatoms. The Morgan fingerprint density at radius 3 is 2.89 bits per heavy atom. The number of ketones is 1. The van der Waals surface area contributed by atoms with Crippen LogP contribution in [0.25, 0.3) is 11.1 Å². The fourth-order valence-electron chi connectivity index (χ4n) is 1.65. The molecule has 1 aromatic carbocycles. The van der Waals surface area contributed by atoms with Gasteiger partial charge in [0.2, 0.25) is 5.78 Å². The smallest absolute Gasteiger partial charge is 0.405 e. The Hall–Kier alpha value is -2.44. The second-order valence-electron chi connectivity index (χ2n) is 3.91. The van der Waals surface area contributed by atoms with Crippen LogP contribution in [0.4, 0.5) is 9.18 Å².